The quantitative estimate of drug-likeness (QED) is 0.836. The van der Waals surface area contributed by atoms with Gasteiger partial charge in [-0.3, -0.25) is 0 Å². The van der Waals surface area contributed by atoms with Gasteiger partial charge >= 0.3 is 0 Å². The van der Waals surface area contributed by atoms with Gasteiger partial charge in [0, 0.05) is 18.8 Å². The SMILES string of the molecule is NCC1CCN(c2ccc(S(N)(=O)=O)cc2)CC1. The number of sulfonamides is 1. The second-order valence-electron chi connectivity index (χ2n) is 4.71. The van der Waals surface area contributed by atoms with Gasteiger partial charge in [0.05, 0.1) is 4.90 Å². The summed E-state index contributed by atoms with van der Waals surface area (Å²) >= 11 is 0. The van der Waals surface area contributed by atoms with Crippen molar-refractivity contribution in [2.75, 3.05) is 24.5 Å². The molecule has 6 heteroatoms. The number of hydrogen-bond acceptors (Lipinski definition) is 4. The van der Waals surface area contributed by atoms with E-state index in [1.54, 1.807) is 12.1 Å². The number of benzene rings is 1. The first-order chi connectivity index (χ1) is 8.50. The van der Waals surface area contributed by atoms with Crippen LogP contribution in [0.5, 0.6) is 0 Å². The summed E-state index contributed by atoms with van der Waals surface area (Å²) in [6.07, 6.45) is 2.18. The van der Waals surface area contributed by atoms with Crippen molar-refractivity contribution in [3.63, 3.8) is 0 Å². The number of nitrogens with zero attached hydrogens (tertiary/aromatic N) is 1. The average Bonchev–Trinajstić information content (AvgIpc) is 2.38. The van der Waals surface area contributed by atoms with Crippen LogP contribution < -0.4 is 15.8 Å². The monoisotopic (exact) mass is 269 g/mol. The Morgan fingerprint density at radius 1 is 1.17 bits per heavy atom. The molecule has 0 radical (unpaired) electrons. The third-order valence-corrected chi connectivity index (χ3v) is 4.41. The van der Waals surface area contributed by atoms with E-state index < -0.39 is 10.0 Å². The van der Waals surface area contributed by atoms with Crippen LogP contribution in [0.25, 0.3) is 0 Å². The van der Waals surface area contributed by atoms with Crippen LogP contribution in [-0.4, -0.2) is 28.1 Å². The lowest BCUT2D eigenvalue weighted by atomic mass is 9.97. The zero-order valence-electron chi connectivity index (χ0n) is 10.2. The van der Waals surface area contributed by atoms with Crippen molar-refractivity contribution in [1.29, 1.82) is 0 Å². The Bertz CT molecular complexity index is 491. The Morgan fingerprint density at radius 3 is 2.17 bits per heavy atom. The minimum absolute atomic E-state index is 0.156. The second-order valence-corrected chi connectivity index (χ2v) is 6.27. The third kappa shape index (κ3) is 3.01. The molecule has 0 amide bonds. The molecule has 0 atom stereocenters. The number of piperidine rings is 1. The number of primary sulfonamides is 1. The van der Waals surface area contributed by atoms with Gasteiger partial charge in [-0.1, -0.05) is 0 Å². The molecule has 0 bridgehead atoms. The van der Waals surface area contributed by atoms with Crippen LogP contribution in [0.2, 0.25) is 0 Å². The maximum atomic E-state index is 11.2. The molecular weight excluding hydrogens is 250 g/mol. The van der Waals surface area contributed by atoms with Crippen molar-refractivity contribution < 1.29 is 8.42 Å². The van der Waals surface area contributed by atoms with E-state index in [4.69, 9.17) is 10.9 Å². The van der Waals surface area contributed by atoms with E-state index in [2.05, 4.69) is 4.90 Å². The van der Waals surface area contributed by atoms with E-state index in [9.17, 15) is 8.42 Å². The first kappa shape index (κ1) is 13.3. The van der Waals surface area contributed by atoms with E-state index in [1.807, 2.05) is 12.1 Å². The molecule has 1 heterocycles. The Hall–Kier alpha value is -1.11. The van der Waals surface area contributed by atoms with Crippen molar-refractivity contribution in [3.8, 4) is 0 Å². The van der Waals surface area contributed by atoms with Gasteiger partial charge in [-0.25, -0.2) is 13.6 Å². The minimum Gasteiger partial charge on any atom is -0.372 e. The Morgan fingerprint density at radius 2 is 1.72 bits per heavy atom. The normalized spacial score (nSPS) is 18.0. The standard InChI is InChI=1S/C12H19N3O2S/c13-9-10-5-7-15(8-6-10)11-1-3-12(4-2-11)18(14,16)17/h1-4,10H,5-9,13H2,(H2,14,16,17). The molecule has 0 unspecified atom stereocenters. The first-order valence-corrected chi connectivity index (χ1v) is 7.63. The van der Waals surface area contributed by atoms with Crippen LogP contribution in [0.4, 0.5) is 5.69 Å². The lowest BCUT2D eigenvalue weighted by molar-refractivity contribution is 0.414. The Balaban J connectivity index is 2.07. The molecule has 1 fully saturated rings. The van der Waals surface area contributed by atoms with Crippen molar-refractivity contribution in [2.24, 2.45) is 16.8 Å². The molecule has 1 aliphatic rings. The molecule has 0 aliphatic carbocycles. The molecule has 2 rings (SSSR count). The smallest absolute Gasteiger partial charge is 0.238 e. The maximum Gasteiger partial charge on any atom is 0.238 e. The largest absolute Gasteiger partial charge is 0.372 e. The summed E-state index contributed by atoms with van der Waals surface area (Å²) in [6, 6.07) is 6.73. The highest BCUT2D eigenvalue weighted by Gasteiger charge is 2.18. The molecule has 1 aliphatic heterocycles. The van der Waals surface area contributed by atoms with E-state index in [-0.39, 0.29) is 4.90 Å². The minimum atomic E-state index is -3.60. The number of rotatable bonds is 3. The fourth-order valence-electron chi connectivity index (χ4n) is 2.27. The maximum absolute atomic E-state index is 11.2. The molecule has 0 spiro atoms. The van der Waals surface area contributed by atoms with Gasteiger partial charge in [0.1, 0.15) is 0 Å². The van der Waals surface area contributed by atoms with Crippen molar-refractivity contribution in [3.05, 3.63) is 24.3 Å². The van der Waals surface area contributed by atoms with Gasteiger partial charge < -0.3 is 10.6 Å². The zero-order chi connectivity index (χ0) is 13.2. The molecule has 100 valence electrons. The molecule has 5 nitrogen and oxygen atoms in total. The molecule has 18 heavy (non-hydrogen) atoms. The van der Waals surface area contributed by atoms with Crippen LogP contribution in [0.3, 0.4) is 0 Å². The molecule has 0 aromatic heterocycles. The fourth-order valence-corrected chi connectivity index (χ4v) is 2.79. The van der Waals surface area contributed by atoms with E-state index in [1.165, 1.54) is 0 Å². The third-order valence-electron chi connectivity index (χ3n) is 3.48. The van der Waals surface area contributed by atoms with Crippen LogP contribution in [-0.2, 0) is 10.0 Å². The van der Waals surface area contributed by atoms with Gasteiger partial charge in [-0.15, -0.1) is 0 Å². The lowest BCUT2D eigenvalue weighted by Gasteiger charge is -2.33. The summed E-state index contributed by atoms with van der Waals surface area (Å²) in [5.74, 6) is 0.616. The Kier molecular flexibility index (Phi) is 3.89. The molecule has 0 saturated carbocycles. The molecule has 1 aromatic rings. The number of nitrogens with two attached hydrogens (primary N) is 2. The predicted octanol–water partition coefficient (Wildman–Crippen LogP) is 0.509. The van der Waals surface area contributed by atoms with E-state index in [0.29, 0.717) is 5.92 Å². The van der Waals surface area contributed by atoms with Crippen LogP contribution in [0, 0.1) is 5.92 Å². The van der Waals surface area contributed by atoms with Gasteiger partial charge in [0.25, 0.3) is 0 Å². The molecular formula is C12H19N3O2S. The second kappa shape index (κ2) is 5.26. The number of anilines is 1. The highest BCUT2D eigenvalue weighted by atomic mass is 32.2. The fraction of sp³-hybridized carbons (Fsp3) is 0.500. The summed E-state index contributed by atoms with van der Waals surface area (Å²) < 4.78 is 22.3. The summed E-state index contributed by atoms with van der Waals surface area (Å²) in [6.45, 7) is 2.69. The van der Waals surface area contributed by atoms with Crippen molar-refractivity contribution in [2.45, 2.75) is 17.7 Å². The van der Waals surface area contributed by atoms with Crippen molar-refractivity contribution in [1.82, 2.24) is 0 Å². The zero-order valence-corrected chi connectivity index (χ0v) is 11.1. The highest BCUT2D eigenvalue weighted by molar-refractivity contribution is 7.89. The molecule has 1 saturated heterocycles. The van der Waals surface area contributed by atoms with Crippen molar-refractivity contribution >= 4 is 15.7 Å². The molecule has 1 aromatic carbocycles. The summed E-state index contributed by atoms with van der Waals surface area (Å²) in [4.78, 5) is 2.40. The van der Waals surface area contributed by atoms with Crippen LogP contribution >= 0.6 is 0 Å². The van der Waals surface area contributed by atoms with Crippen LogP contribution in [0.1, 0.15) is 12.8 Å². The van der Waals surface area contributed by atoms with Gasteiger partial charge in [0.15, 0.2) is 0 Å². The van der Waals surface area contributed by atoms with Crippen LogP contribution in [0.15, 0.2) is 29.2 Å². The number of hydrogen-bond donors (Lipinski definition) is 2. The van der Waals surface area contributed by atoms with Gasteiger partial charge in [0.2, 0.25) is 10.0 Å². The topological polar surface area (TPSA) is 89.4 Å². The average molecular weight is 269 g/mol. The van der Waals surface area contributed by atoms with Gasteiger partial charge in [-0.05, 0) is 49.6 Å². The lowest BCUT2D eigenvalue weighted by Crippen LogP contribution is -2.36. The van der Waals surface area contributed by atoms with E-state index >= 15 is 0 Å². The summed E-state index contributed by atoms with van der Waals surface area (Å²) in [5.41, 5.74) is 6.70. The Labute approximate surface area is 108 Å². The first-order valence-electron chi connectivity index (χ1n) is 6.08. The summed E-state index contributed by atoms with van der Waals surface area (Å²) in [7, 11) is -3.60. The van der Waals surface area contributed by atoms with E-state index in [0.717, 1.165) is 38.2 Å². The highest BCUT2D eigenvalue weighted by Crippen LogP contribution is 2.23. The summed E-state index contributed by atoms with van der Waals surface area (Å²) in [5, 5.41) is 5.07. The predicted molar refractivity (Wildman–Crippen MR) is 71.8 cm³/mol. The van der Waals surface area contributed by atoms with Gasteiger partial charge in [-0.2, -0.15) is 0 Å². The molecule has 4 N–H and O–H groups in total.